The number of benzene rings is 2. The summed E-state index contributed by atoms with van der Waals surface area (Å²) < 4.78 is 12.8. The lowest BCUT2D eigenvalue weighted by Gasteiger charge is -2.32. The van der Waals surface area contributed by atoms with Crippen LogP contribution < -0.4 is 9.80 Å². The third-order valence-corrected chi connectivity index (χ3v) is 8.53. The Morgan fingerprint density at radius 1 is 0.909 bits per heavy atom. The van der Waals surface area contributed by atoms with E-state index in [1.54, 1.807) is 0 Å². The van der Waals surface area contributed by atoms with Crippen LogP contribution in [0.15, 0.2) is 72.9 Å². The fourth-order valence-corrected chi connectivity index (χ4v) is 6.19. The molecule has 2 aromatic carbocycles. The monoisotopic (exact) mass is 588 g/mol. The van der Waals surface area contributed by atoms with Gasteiger partial charge in [-0.25, -0.2) is 14.5 Å². The van der Waals surface area contributed by atoms with Crippen molar-refractivity contribution in [1.29, 1.82) is 0 Å². The van der Waals surface area contributed by atoms with Crippen LogP contribution in [-0.2, 0) is 14.3 Å². The largest absolute Gasteiger partial charge is 0.466 e. The summed E-state index contributed by atoms with van der Waals surface area (Å²) in [5, 5.41) is 5.89. The minimum Gasteiger partial charge on any atom is -0.466 e. The lowest BCUT2D eigenvalue weighted by Crippen LogP contribution is -2.36. The van der Waals surface area contributed by atoms with Crippen LogP contribution in [-0.4, -0.2) is 71.6 Å². The third-order valence-electron chi connectivity index (χ3n) is 8.53. The van der Waals surface area contributed by atoms with E-state index in [0.717, 1.165) is 89.6 Å². The zero-order chi connectivity index (χ0) is 29.9. The Balaban J connectivity index is 1.22. The van der Waals surface area contributed by atoms with Crippen molar-refractivity contribution >= 4 is 46.0 Å². The average molecular weight is 589 g/mol. The van der Waals surface area contributed by atoms with Crippen LogP contribution in [0, 0.1) is 5.92 Å². The number of hydrogen-bond donors (Lipinski definition) is 0. The van der Waals surface area contributed by atoms with Crippen LogP contribution in [0.4, 0.5) is 11.4 Å². The van der Waals surface area contributed by atoms with Gasteiger partial charge in [0, 0.05) is 42.8 Å². The van der Waals surface area contributed by atoms with E-state index in [1.807, 2.05) is 60.1 Å². The number of anilines is 2. The van der Waals surface area contributed by atoms with Crippen LogP contribution in [0.25, 0.3) is 40.0 Å². The number of esters is 1. The van der Waals surface area contributed by atoms with Crippen LogP contribution in [0.2, 0.25) is 0 Å². The molecule has 9 nitrogen and oxygen atoms in total. The second-order valence-electron chi connectivity index (χ2n) is 11.2. The van der Waals surface area contributed by atoms with Crippen LogP contribution in [0.1, 0.15) is 31.2 Å². The first-order chi connectivity index (χ1) is 21.7. The Labute approximate surface area is 256 Å². The Hall–Kier alpha value is -4.76. The van der Waals surface area contributed by atoms with Gasteiger partial charge in [-0.1, -0.05) is 36.4 Å². The van der Waals surface area contributed by atoms with E-state index in [4.69, 9.17) is 24.5 Å². The van der Waals surface area contributed by atoms with Gasteiger partial charge in [-0.2, -0.15) is 5.10 Å². The van der Waals surface area contributed by atoms with E-state index < -0.39 is 0 Å². The second-order valence-corrected chi connectivity index (χ2v) is 11.2. The SMILES string of the molecule is CCOC(=O)C1CCN(c2ccc(-c3c(C=Cc4ccc5ccccc5n4)nc4c(N5CCOCC5)ccnn34)cc2)CC1. The van der Waals surface area contributed by atoms with Crippen LogP contribution in [0.5, 0.6) is 0 Å². The van der Waals surface area contributed by atoms with Crippen molar-refractivity contribution in [1.82, 2.24) is 19.6 Å². The molecule has 3 aromatic heterocycles. The minimum atomic E-state index is -0.0708. The summed E-state index contributed by atoms with van der Waals surface area (Å²) in [6, 6.07) is 22.9. The van der Waals surface area contributed by atoms with Crippen molar-refractivity contribution in [2.24, 2.45) is 5.92 Å². The Morgan fingerprint density at radius 2 is 1.70 bits per heavy atom. The zero-order valence-corrected chi connectivity index (χ0v) is 24.9. The fraction of sp³-hybridized carbons (Fsp3) is 0.314. The average Bonchev–Trinajstić information content (AvgIpc) is 3.46. The summed E-state index contributed by atoms with van der Waals surface area (Å²) in [6.45, 7) is 6.97. The van der Waals surface area contributed by atoms with Gasteiger partial charge in [0.05, 0.1) is 54.5 Å². The van der Waals surface area contributed by atoms with Gasteiger partial charge in [0.1, 0.15) is 5.69 Å². The summed E-state index contributed by atoms with van der Waals surface area (Å²) in [4.78, 5) is 26.8. The number of hydrogen-bond acceptors (Lipinski definition) is 8. The molecule has 0 radical (unpaired) electrons. The molecule has 0 N–H and O–H groups in total. The molecule has 2 aliphatic heterocycles. The van der Waals surface area contributed by atoms with Gasteiger partial charge in [-0.3, -0.25) is 4.79 Å². The summed E-state index contributed by atoms with van der Waals surface area (Å²) in [6.07, 6.45) is 7.52. The molecule has 0 unspecified atom stereocenters. The van der Waals surface area contributed by atoms with Crippen molar-refractivity contribution in [3.05, 3.63) is 84.3 Å². The molecule has 0 atom stereocenters. The number of rotatable bonds is 7. The van der Waals surface area contributed by atoms with Crippen molar-refractivity contribution in [3.8, 4) is 11.3 Å². The molecule has 0 aliphatic carbocycles. The smallest absolute Gasteiger partial charge is 0.309 e. The molecule has 7 rings (SSSR count). The van der Waals surface area contributed by atoms with Crippen LogP contribution >= 0.6 is 0 Å². The van der Waals surface area contributed by atoms with E-state index in [2.05, 4.69) is 46.2 Å². The van der Waals surface area contributed by atoms with Gasteiger partial charge in [-0.15, -0.1) is 0 Å². The summed E-state index contributed by atoms with van der Waals surface area (Å²) >= 11 is 0. The first kappa shape index (κ1) is 28.0. The van der Waals surface area contributed by atoms with Gasteiger partial charge < -0.3 is 19.3 Å². The number of carbonyl (C=O) groups is 1. The number of para-hydroxylation sites is 1. The highest BCUT2D eigenvalue weighted by Crippen LogP contribution is 2.33. The number of pyridine rings is 1. The summed E-state index contributed by atoms with van der Waals surface area (Å²) in [5.41, 5.74) is 7.63. The quantitative estimate of drug-likeness (QED) is 0.223. The maximum Gasteiger partial charge on any atom is 0.309 e. The molecular weight excluding hydrogens is 552 g/mol. The van der Waals surface area contributed by atoms with E-state index in [-0.39, 0.29) is 11.9 Å². The first-order valence-corrected chi connectivity index (χ1v) is 15.4. The summed E-state index contributed by atoms with van der Waals surface area (Å²) in [5.74, 6) is -0.0830. The fourth-order valence-electron chi connectivity index (χ4n) is 6.19. The number of ether oxygens (including phenoxy) is 2. The molecule has 2 aliphatic rings. The zero-order valence-electron chi connectivity index (χ0n) is 24.9. The van der Waals surface area contributed by atoms with E-state index in [1.165, 1.54) is 0 Å². The molecule has 2 saturated heterocycles. The lowest BCUT2D eigenvalue weighted by atomic mass is 9.96. The maximum absolute atomic E-state index is 12.2. The molecule has 0 spiro atoms. The maximum atomic E-state index is 12.2. The van der Waals surface area contributed by atoms with E-state index in [0.29, 0.717) is 19.8 Å². The molecule has 2 fully saturated rings. The second kappa shape index (κ2) is 12.5. The molecule has 5 heterocycles. The van der Waals surface area contributed by atoms with Gasteiger partial charge in [0.25, 0.3) is 0 Å². The molecule has 0 saturated carbocycles. The molecule has 0 amide bonds. The Morgan fingerprint density at radius 3 is 2.50 bits per heavy atom. The topological polar surface area (TPSA) is 85.1 Å². The normalized spacial score (nSPS) is 16.3. The molecule has 224 valence electrons. The molecule has 0 bridgehead atoms. The molecular formula is C35H36N6O3. The van der Waals surface area contributed by atoms with Gasteiger partial charge in [0.2, 0.25) is 0 Å². The number of nitrogens with zero attached hydrogens (tertiary/aromatic N) is 6. The third kappa shape index (κ3) is 5.63. The van der Waals surface area contributed by atoms with Gasteiger partial charge in [-0.05, 0) is 62.2 Å². The number of morpholine rings is 1. The van der Waals surface area contributed by atoms with Crippen molar-refractivity contribution in [2.75, 3.05) is 55.8 Å². The van der Waals surface area contributed by atoms with Crippen molar-refractivity contribution in [2.45, 2.75) is 19.8 Å². The predicted molar refractivity (Wildman–Crippen MR) is 174 cm³/mol. The molecule has 5 aromatic rings. The van der Waals surface area contributed by atoms with Gasteiger partial charge >= 0.3 is 5.97 Å². The highest BCUT2D eigenvalue weighted by Gasteiger charge is 2.26. The highest BCUT2D eigenvalue weighted by molar-refractivity contribution is 5.85. The standard InChI is InChI=1S/C35H36N6O3/c1-2-44-35(42)27-16-19-39(20-17-27)29-12-8-26(9-13-29)33-31(14-11-28-10-7-25-5-3-4-6-30(25)37-28)38-34-32(15-18-36-41(33)34)40-21-23-43-24-22-40/h3-15,18,27H,2,16-17,19-24H2,1H3. The number of piperidine rings is 1. The first-order valence-electron chi connectivity index (χ1n) is 15.4. The minimum absolute atomic E-state index is 0.0122. The molecule has 44 heavy (non-hydrogen) atoms. The number of fused-ring (bicyclic) bond motifs is 2. The highest BCUT2D eigenvalue weighted by atomic mass is 16.5. The summed E-state index contributed by atoms with van der Waals surface area (Å²) in [7, 11) is 0. The number of carbonyl (C=O) groups excluding carboxylic acids is 1. The Kier molecular flexibility index (Phi) is 7.94. The Bertz CT molecular complexity index is 1800. The van der Waals surface area contributed by atoms with Crippen LogP contribution in [0.3, 0.4) is 0 Å². The lowest BCUT2D eigenvalue weighted by molar-refractivity contribution is -0.148. The van der Waals surface area contributed by atoms with E-state index >= 15 is 0 Å². The van der Waals surface area contributed by atoms with E-state index in [9.17, 15) is 4.79 Å². The number of aromatic nitrogens is 4. The van der Waals surface area contributed by atoms with Crippen molar-refractivity contribution < 1.29 is 14.3 Å². The number of imidazole rings is 1. The van der Waals surface area contributed by atoms with Gasteiger partial charge in [0.15, 0.2) is 5.65 Å². The molecule has 9 heteroatoms. The predicted octanol–water partition coefficient (Wildman–Crippen LogP) is 5.73. The van der Waals surface area contributed by atoms with Crippen molar-refractivity contribution in [3.63, 3.8) is 0 Å².